The second-order valence-electron chi connectivity index (χ2n) is 8.37. The molecule has 10 heteroatoms. The zero-order valence-corrected chi connectivity index (χ0v) is 21.9. The predicted molar refractivity (Wildman–Crippen MR) is 137 cm³/mol. The minimum Gasteiger partial charge on any atom is -0.378 e. The summed E-state index contributed by atoms with van der Waals surface area (Å²) in [5.74, 6) is 0. The van der Waals surface area contributed by atoms with Gasteiger partial charge in [0.25, 0.3) is 11.3 Å². The highest BCUT2D eigenvalue weighted by atomic mass is 35.7. The molecule has 5 rings (SSSR count). The molecule has 0 N–H and O–H groups in total. The normalized spacial score (nSPS) is 11.6. The fourth-order valence-electron chi connectivity index (χ4n) is 3.99. The van der Waals surface area contributed by atoms with Crippen molar-refractivity contribution in [2.45, 2.75) is 0 Å². The Bertz CT molecular complexity index is 1570. The van der Waals surface area contributed by atoms with Gasteiger partial charge in [0.05, 0.1) is 11.0 Å². The van der Waals surface area contributed by atoms with E-state index in [1.807, 2.05) is 67.2 Å². The Morgan fingerprint density at radius 1 is 0.811 bits per heavy atom. The van der Waals surface area contributed by atoms with Gasteiger partial charge >= 0.3 is 15.4 Å². The zero-order valence-electron chi connectivity index (χ0n) is 20.3. The van der Waals surface area contributed by atoms with Gasteiger partial charge in [0.15, 0.2) is 0 Å². The highest BCUT2D eigenvalue weighted by Crippen LogP contribution is 2.34. The lowest BCUT2D eigenvalue weighted by Gasteiger charge is -2.17. The summed E-state index contributed by atoms with van der Waals surface area (Å²) in [7, 11) is 1.19. The van der Waals surface area contributed by atoms with Crippen molar-refractivity contribution in [2.75, 3.05) is 19.0 Å². The van der Waals surface area contributed by atoms with Crippen LogP contribution in [0.25, 0.3) is 38.6 Å². The van der Waals surface area contributed by atoms with E-state index in [1.165, 1.54) is 0 Å². The Hall–Kier alpha value is -3.57. The monoisotopic (exact) mass is 537 g/mol. The molecule has 0 amide bonds. The minimum absolute atomic E-state index is 0.0259. The smallest absolute Gasteiger partial charge is 0.336 e. The second-order valence-corrected chi connectivity index (χ2v) is 10.1. The molecule has 3 aromatic rings. The summed E-state index contributed by atoms with van der Waals surface area (Å²) in [5.41, 5.74) is 6.19. The van der Waals surface area contributed by atoms with E-state index in [0.29, 0.717) is 0 Å². The van der Waals surface area contributed by atoms with Crippen molar-refractivity contribution >= 4 is 40.2 Å². The van der Waals surface area contributed by atoms with Gasteiger partial charge in [-0.05, 0) is 48.0 Å². The van der Waals surface area contributed by atoms with E-state index >= 15 is 0 Å². The van der Waals surface area contributed by atoms with Crippen LogP contribution in [0.3, 0.4) is 0 Å². The molecule has 3 aromatic carbocycles. The number of thiazole rings is 1. The number of aromatic nitrogens is 2. The van der Waals surface area contributed by atoms with Gasteiger partial charge in [-0.15, -0.1) is 10.2 Å². The lowest BCUT2D eigenvalue weighted by Crippen LogP contribution is -2.68. The molecule has 0 fully saturated rings. The molecule has 2 aliphatic rings. The molecule has 190 valence electrons. The third-order valence-corrected chi connectivity index (χ3v) is 6.94. The molecule has 0 unspecified atom stereocenters. The van der Waals surface area contributed by atoms with Crippen molar-refractivity contribution in [3.05, 3.63) is 100 Å². The van der Waals surface area contributed by atoms with Crippen LogP contribution < -0.4 is 29.1 Å². The summed E-state index contributed by atoms with van der Waals surface area (Å²) in [6, 6.07) is 26.4. The van der Waals surface area contributed by atoms with Crippen LogP contribution in [-0.2, 0) is 7.05 Å². The van der Waals surface area contributed by atoms with Gasteiger partial charge in [0.1, 0.15) is 5.69 Å². The maximum atomic E-state index is 13.5. The summed E-state index contributed by atoms with van der Waals surface area (Å²) >= 11 is 1.55. The third kappa shape index (κ3) is 6.05. The van der Waals surface area contributed by atoms with Gasteiger partial charge in [-0.3, -0.25) is 4.79 Å². The molecule has 0 aliphatic carbocycles. The van der Waals surface area contributed by atoms with Crippen molar-refractivity contribution < 1.29 is 28.9 Å². The van der Waals surface area contributed by atoms with Crippen LogP contribution >= 0.6 is 11.3 Å². The lowest BCUT2D eigenvalue weighted by molar-refractivity contribution is -2.00. The van der Waals surface area contributed by atoms with E-state index in [9.17, 15) is 4.79 Å². The number of fused-ring (bicyclic) bond motifs is 3. The van der Waals surface area contributed by atoms with Gasteiger partial charge in [0.2, 0.25) is 0 Å². The number of hydrogen-bond donors (Lipinski definition) is 0. The largest absolute Gasteiger partial charge is 0.378 e. The van der Waals surface area contributed by atoms with E-state index < -0.39 is 10.2 Å². The average Bonchev–Trinajstić information content (AvgIpc) is 3.21. The highest BCUT2D eigenvalue weighted by molar-refractivity contribution is 7.18. The highest BCUT2D eigenvalue weighted by Gasteiger charge is 2.33. The first-order valence-corrected chi connectivity index (χ1v) is 13.2. The van der Waals surface area contributed by atoms with E-state index in [1.54, 1.807) is 11.3 Å². The van der Waals surface area contributed by atoms with Crippen LogP contribution in [0.15, 0.2) is 83.7 Å². The molecule has 0 bridgehead atoms. The van der Waals surface area contributed by atoms with Gasteiger partial charge < -0.3 is 9.47 Å². The quantitative estimate of drug-likeness (QED) is 0.318. The topological polar surface area (TPSA) is 122 Å². The molecule has 0 saturated heterocycles. The fraction of sp³-hybridized carbons (Fsp3) is 0.111. The Morgan fingerprint density at radius 2 is 1.38 bits per heavy atom. The minimum atomic E-state index is -4.94. The molecular weight excluding hydrogens is 514 g/mol. The maximum absolute atomic E-state index is 13.5. The SMILES string of the molecule is CN(C)c1ccc(/C=C/c2c3[s+]c(-c4ccccc4)c(=O)n-3c3ccccc3n2C)cc1.[O-][Cl+3]([O-])([O-])[O-]. The first kappa shape index (κ1) is 26.5. The number of hydrogen-bond acceptors (Lipinski definition) is 6. The predicted octanol–water partition coefficient (Wildman–Crippen LogP) is 1.26. The zero-order chi connectivity index (χ0) is 26.7. The fourth-order valence-corrected chi connectivity index (χ4v) is 5.20. The van der Waals surface area contributed by atoms with Crippen LogP contribution in [0.2, 0.25) is 0 Å². The summed E-state index contributed by atoms with van der Waals surface area (Å²) in [4.78, 5) is 16.4. The van der Waals surface area contributed by atoms with Crippen molar-refractivity contribution in [1.82, 2.24) is 9.13 Å². The molecule has 8 nitrogen and oxygen atoms in total. The Labute approximate surface area is 219 Å². The number of aryl methyl sites for hydroxylation is 1. The van der Waals surface area contributed by atoms with Gasteiger partial charge in [0, 0.05) is 32.4 Å². The lowest BCUT2D eigenvalue weighted by atomic mass is 10.1. The van der Waals surface area contributed by atoms with E-state index in [-0.39, 0.29) is 5.56 Å². The molecule has 0 atom stereocenters. The number of halogens is 1. The Balaban J connectivity index is 0.000000586. The second kappa shape index (κ2) is 10.8. The molecule has 0 aromatic heterocycles. The summed E-state index contributed by atoms with van der Waals surface area (Å²) in [6.45, 7) is 0. The van der Waals surface area contributed by atoms with Crippen LogP contribution in [0.1, 0.15) is 11.3 Å². The number of nitrogens with zero attached hydrogens (tertiary/aromatic N) is 3. The maximum Gasteiger partial charge on any atom is 0.336 e. The molecule has 0 saturated carbocycles. The number of rotatable bonds is 4. The van der Waals surface area contributed by atoms with Crippen molar-refractivity contribution in [2.24, 2.45) is 7.05 Å². The summed E-state index contributed by atoms with van der Waals surface area (Å²) in [5, 5.41) is 0.941. The van der Waals surface area contributed by atoms with E-state index in [0.717, 1.165) is 43.4 Å². The number of benzene rings is 3. The van der Waals surface area contributed by atoms with Crippen molar-refractivity contribution in [3.8, 4) is 15.4 Å². The summed E-state index contributed by atoms with van der Waals surface area (Å²) in [6.07, 6.45) is 4.22. The van der Waals surface area contributed by atoms with Gasteiger partial charge in [-0.2, -0.15) is 0 Å². The molecular formula is C27H24ClN3O5S. The molecule has 0 radical (unpaired) electrons. The molecule has 2 heterocycles. The first-order valence-electron chi connectivity index (χ1n) is 11.1. The Morgan fingerprint density at radius 3 is 1.97 bits per heavy atom. The van der Waals surface area contributed by atoms with Crippen LogP contribution in [-0.4, -0.2) is 23.2 Å². The van der Waals surface area contributed by atoms with Crippen LogP contribution in [0, 0.1) is 10.2 Å². The van der Waals surface area contributed by atoms with Crippen molar-refractivity contribution in [1.29, 1.82) is 0 Å². The molecule has 0 spiro atoms. The summed E-state index contributed by atoms with van der Waals surface area (Å²) < 4.78 is 38.0. The Kier molecular flexibility index (Phi) is 7.74. The molecule has 2 aliphatic heterocycles. The van der Waals surface area contributed by atoms with Crippen LogP contribution in [0.4, 0.5) is 5.69 Å². The number of anilines is 1. The van der Waals surface area contributed by atoms with Crippen LogP contribution in [0.5, 0.6) is 0 Å². The van der Waals surface area contributed by atoms with Gasteiger partial charge in [-0.1, -0.05) is 48.5 Å². The third-order valence-electron chi connectivity index (χ3n) is 5.74. The van der Waals surface area contributed by atoms with Crippen molar-refractivity contribution in [3.63, 3.8) is 0 Å². The first-order chi connectivity index (χ1) is 17.5. The molecule has 37 heavy (non-hydrogen) atoms. The average molecular weight is 538 g/mol. The standard InChI is InChI=1S/C27H24N3OS.ClHO4/c1-28(2)21-16-13-19(14-17-21)15-18-24-27-30(23-12-8-7-11-22(23)29(24)3)26(31)25(32-27)20-9-5-4-6-10-20;2-1(3,4)5/h4-18H,1-3H3;(H,2,3,4,5)/q+1;/p-1/b18-15+;. The number of para-hydroxylation sites is 2. The van der Waals surface area contributed by atoms with E-state index in [4.69, 9.17) is 18.6 Å². The van der Waals surface area contributed by atoms with E-state index in [2.05, 4.69) is 59.0 Å². The van der Waals surface area contributed by atoms with Gasteiger partial charge in [-0.25, -0.2) is 23.2 Å².